The Balaban J connectivity index is 2.54. The second kappa shape index (κ2) is 1.92. The van der Waals surface area contributed by atoms with Gasteiger partial charge in [0.25, 0.3) is 0 Å². The third kappa shape index (κ3) is 0.772. The minimum atomic E-state index is -2.66. The predicted octanol–water partition coefficient (Wildman–Crippen LogP) is 1.52. The predicted molar refractivity (Wildman–Crippen MR) is 35.3 cm³/mol. The molecule has 2 heterocycles. The van der Waals surface area contributed by atoms with Crippen LogP contribution < -0.4 is 9.47 Å². The fourth-order valence-electron chi connectivity index (χ4n) is 0.489. The maximum Gasteiger partial charge on any atom is 0.172 e. The molecule has 0 atom stereocenters. The largest absolute Gasteiger partial charge is 0.485 e. The highest BCUT2D eigenvalue weighted by Gasteiger charge is 2.10. The molecule has 9 heavy (non-hydrogen) atoms. The Morgan fingerprint density at radius 1 is 1.44 bits per heavy atom. The van der Waals surface area contributed by atoms with E-state index in [1.807, 2.05) is 0 Å². The third-order valence-electron chi connectivity index (χ3n) is 0.842. The van der Waals surface area contributed by atoms with Crippen LogP contribution in [0.2, 0.25) is 0 Å². The summed E-state index contributed by atoms with van der Waals surface area (Å²) in [5.74, 6) is -0.407. The first-order valence-electron chi connectivity index (χ1n) is 5.22. The second-order valence-corrected chi connectivity index (χ2v) is 1.99. The van der Waals surface area contributed by atoms with Gasteiger partial charge >= 0.3 is 0 Å². The van der Waals surface area contributed by atoms with Gasteiger partial charge in [-0.05, 0) is 0 Å². The Hall–Kier alpha value is -0.700. The zero-order chi connectivity index (χ0) is 11.4. The van der Waals surface area contributed by atoms with Crippen molar-refractivity contribution in [2.45, 2.75) is 0 Å². The van der Waals surface area contributed by atoms with Crippen LogP contribution >= 0.6 is 11.3 Å². The van der Waals surface area contributed by atoms with E-state index < -0.39 is 13.1 Å². The van der Waals surface area contributed by atoms with Crippen LogP contribution in [0.1, 0.15) is 8.22 Å². The van der Waals surface area contributed by atoms with Gasteiger partial charge in [0.2, 0.25) is 0 Å². The Bertz CT molecular complexity index is 377. The van der Waals surface area contributed by atoms with Crippen molar-refractivity contribution in [2.75, 3.05) is 13.1 Å². The van der Waals surface area contributed by atoms with E-state index in [2.05, 4.69) is 0 Å². The van der Waals surface area contributed by atoms with Gasteiger partial charge in [0.05, 0.1) is 8.22 Å². The van der Waals surface area contributed by atoms with Crippen molar-refractivity contribution < 1.29 is 17.7 Å². The molecule has 48 valence electrons. The van der Waals surface area contributed by atoms with Crippen molar-refractivity contribution in [1.29, 1.82) is 0 Å². The number of rotatable bonds is 0. The topological polar surface area (TPSA) is 18.5 Å². The fourth-order valence-corrected chi connectivity index (χ4v) is 0.994. The Labute approximate surface area is 65.5 Å². The quantitative estimate of drug-likeness (QED) is 0.555. The van der Waals surface area contributed by atoms with E-state index in [1.165, 1.54) is 0 Å². The van der Waals surface area contributed by atoms with Crippen molar-refractivity contribution in [1.82, 2.24) is 0 Å². The van der Waals surface area contributed by atoms with Gasteiger partial charge in [-0.2, -0.15) is 0 Å². The molecule has 3 heteroatoms. The van der Waals surface area contributed by atoms with Crippen LogP contribution in [0.15, 0.2) is 10.7 Å². The molecule has 0 aliphatic carbocycles. The molecular formula is C6H6O2S. The lowest BCUT2D eigenvalue weighted by Gasteiger charge is -2.13. The number of ether oxygens (including phenoxy) is 2. The van der Waals surface area contributed by atoms with Crippen LogP contribution in [0, 0.1) is 0 Å². The van der Waals surface area contributed by atoms with Crippen LogP contribution in [0.4, 0.5) is 0 Å². The molecule has 2 nitrogen and oxygen atoms in total. The molecule has 0 aromatic carbocycles. The van der Waals surface area contributed by atoms with Crippen molar-refractivity contribution in [3.05, 3.63) is 10.7 Å². The third-order valence-corrected chi connectivity index (χ3v) is 1.42. The molecule has 1 aromatic rings. The molecule has 0 amide bonds. The second-order valence-electron chi connectivity index (χ2n) is 1.37. The molecular weight excluding hydrogens is 136 g/mol. The summed E-state index contributed by atoms with van der Waals surface area (Å²) in [7, 11) is 0. The lowest BCUT2D eigenvalue weighted by atomic mass is 10.5. The fraction of sp³-hybridized carbons (Fsp3) is 0.333. The van der Waals surface area contributed by atoms with E-state index in [9.17, 15) is 0 Å². The normalized spacial score (nSPS) is 36.4. The summed E-state index contributed by atoms with van der Waals surface area (Å²) in [4.78, 5) is 0. The minimum absolute atomic E-state index is 0.144. The van der Waals surface area contributed by atoms with Crippen molar-refractivity contribution in [3.8, 4) is 11.5 Å². The summed E-state index contributed by atoms with van der Waals surface area (Å²) in [5.41, 5.74) is 0. The van der Waals surface area contributed by atoms with Crippen LogP contribution in [0.5, 0.6) is 11.5 Å². The van der Waals surface area contributed by atoms with Gasteiger partial charge in [-0.1, -0.05) is 0 Å². The van der Waals surface area contributed by atoms with E-state index in [4.69, 9.17) is 17.7 Å². The first-order valence-corrected chi connectivity index (χ1v) is 3.04. The Morgan fingerprint density at radius 3 is 2.56 bits per heavy atom. The highest BCUT2D eigenvalue weighted by atomic mass is 32.1. The summed E-state index contributed by atoms with van der Waals surface area (Å²) in [6.45, 7) is -5.33. The molecule has 2 rings (SSSR count). The molecule has 0 spiro atoms. The zero-order valence-electron chi connectivity index (χ0n) is 10.2. The van der Waals surface area contributed by atoms with E-state index >= 15 is 0 Å². The number of hydrogen-bond acceptors (Lipinski definition) is 3. The first kappa shape index (κ1) is 1.89. The van der Waals surface area contributed by atoms with Crippen molar-refractivity contribution in [3.63, 3.8) is 0 Å². The van der Waals surface area contributed by atoms with Gasteiger partial charge in [-0.3, -0.25) is 0 Å². The molecule has 1 aliphatic heterocycles. The van der Waals surface area contributed by atoms with Crippen LogP contribution in [-0.4, -0.2) is 13.1 Å². The Kier molecular flexibility index (Phi) is 0.402. The summed E-state index contributed by atoms with van der Waals surface area (Å²) >= 11 is 0.736. The van der Waals surface area contributed by atoms with Gasteiger partial charge in [-0.15, -0.1) is 11.3 Å². The SMILES string of the molecule is [2H]c1sc([2H])c2c1OC([2H])([2H])C([2H])([2H])O2. The summed E-state index contributed by atoms with van der Waals surface area (Å²) < 4.78 is 53.3. The minimum Gasteiger partial charge on any atom is -0.485 e. The maximum absolute atomic E-state index is 7.38. The van der Waals surface area contributed by atoms with Gasteiger partial charge < -0.3 is 9.47 Å². The number of thiophene rings is 1. The molecule has 0 N–H and O–H groups in total. The monoisotopic (exact) mass is 148 g/mol. The van der Waals surface area contributed by atoms with Crippen molar-refractivity contribution in [2.24, 2.45) is 0 Å². The summed E-state index contributed by atoms with van der Waals surface area (Å²) in [6.07, 6.45) is 0. The molecule has 0 saturated carbocycles. The van der Waals surface area contributed by atoms with E-state index in [0.717, 1.165) is 11.3 Å². The average molecular weight is 148 g/mol. The van der Waals surface area contributed by atoms with E-state index in [0.29, 0.717) is 0 Å². The van der Waals surface area contributed by atoms with E-state index in [1.54, 1.807) is 0 Å². The maximum atomic E-state index is 7.38. The summed E-state index contributed by atoms with van der Waals surface area (Å²) in [5, 5.41) is -0.288. The highest BCUT2D eigenvalue weighted by Crippen LogP contribution is 2.33. The lowest BCUT2D eigenvalue weighted by molar-refractivity contribution is 0.173. The Morgan fingerprint density at radius 2 is 2.00 bits per heavy atom. The standard InChI is InChI=1S/C6H6O2S/c1-2-8-6-4-9-3-5(6)7-1/h3-4H,1-2H2/i1D2,2D2,3D,4D. The highest BCUT2D eigenvalue weighted by molar-refractivity contribution is 7.08. The zero-order valence-corrected chi connectivity index (χ0v) is 5.04. The van der Waals surface area contributed by atoms with Crippen molar-refractivity contribution >= 4 is 11.3 Å². The number of fused-ring (bicyclic) bond motifs is 1. The average Bonchev–Trinajstić information content (AvgIpc) is 2.29. The molecule has 0 saturated heterocycles. The van der Waals surface area contributed by atoms with Gasteiger partial charge in [0.15, 0.2) is 11.5 Å². The lowest BCUT2D eigenvalue weighted by Crippen LogP contribution is -2.13. The molecule has 1 aromatic heterocycles. The smallest absolute Gasteiger partial charge is 0.172 e. The molecule has 0 fully saturated rings. The van der Waals surface area contributed by atoms with Crippen LogP contribution in [0.3, 0.4) is 0 Å². The molecule has 0 bridgehead atoms. The first-order chi connectivity index (χ1) is 6.74. The van der Waals surface area contributed by atoms with Crippen LogP contribution in [-0.2, 0) is 0 Å². The molecule has 1 aliphatic rings. The summed E-state index contributed by atoms with van der Waals surface area (Å²) in [6, 6.07) is 0. The van der Waals surface area contributed by atoms with Gasteiger partial charge in [0, 0.05) is 10.7 Å². The number of hydrogen-bond donors (Lipinski definition) is 0. The van der Waals surface area contributed by atoms with Gasteiger partial charge in [0.1, 0.15) is 13.1 Å². The van der Waals surface area contributed by atoms with Crippen LogP contribution in [0.25, 0.3) is 0 Å². The van der Waals surface area contributed by atoms with Gasteiger partial charge in [-0.25, -0.2) is 0 Å². The molecule has 0 radical (unpaired) electrons. The molecule has 0 unspecified atom stereocenters. The van der Waals surface area contributed by atoms with E-state index in [-0.39, 0.29) is 22.2 Å².